The summed E-state index contributed by atoms with van der Waals surface area (Å²) in [5.74, 6) is -9.44. The van der Waals surface area contributed by atoms with Crippen LogP contribution in [0.5, 0.6) is 5.75 Å². The number of nitrogens with one attached hydrogen (secondary N) is 1. The quantitative estimate of drug-likeness (QED) is 0.0638. The van der Waals surface area contributed by atoms with Gasteiger partial charge >= 0.3 is 53.7 Å². The van der Waals surface area contributed by atoms with E-state index in [9.17, 15) is 47.9 Å². The maximum absolute atomic E-state index is 10.4. The van der Waals surface area contributed by atoms with Gasteiger partial charge in [-0.3, -0.25) is 47.9 Å². The zero-order valence-electron chi connectivity index (χ0n) is 35.2. The zero-order chi connectivity index (χ0) is 51.3. The Labute approximate surface area is 366 Å². The molecule has 1 heterocycles. The Hall–Kier alpha value is -6.56. The predicted molar refractivity (Wildman–Crippen MR) is 222 cm³/mol. The minimum absolute atomic E-state index is 0.0213. The smallest absolute Gasteiger partial charge is 0.321 e. The minimum atomic E-state index is -1.29. The number of rotatable bonds is 19. The van der Waals surface area contributed by atoms with Crippen LogP contribution in [0.15, 0.2) is 24.3 Å². The fourth-order valence-electron chi connectivity index (χ4n) is 3.58. The molecule has 28 heteroatoms. The molecule has 0 aliphatic carbocycles. The second-order valence-corrected chi connectivity index (χ2v) is 13.3. The van der Waals surface area contributed by atoms with Gasteiger partial charge in [0.25, 0.3) is 0 Å². The van der Waals surface area contributed by atoms with Gasteiger partial charge in [-0.05, 0) is 68.7 Å². The zero-order valence-corrected chi connectivity index (χ0v) is 35.2. The Morgan fingerprint density at radius 3 is 1.25 bits per heavy atom. The number of aliphatic carboxylic acids is 9. The van der Waals surface area contributed by atoms with Crippen LogP contribution in [0.1, 0.15) is 70.8 Å². The summed E-state index contributed by atoms with van der Waals surface area (Å²) in [5.41, 5.74) is 35.6. The van der Waals surface area contributed by atoms with Crippen LogP contribution in [-0.4, -0.2) is 160 Å². The molecule has 1 fully saturated rings. The van der Waals surface area contributed by atoms with Crippen LogP contribution in [-0.2, 0) is 54.4 Å². The minimum Gasteiger partial charge on any atom is -0.508 e. The van der Waals surface area contributed by atoms with E-state index in [1.807, 2.05) is 13.8 Å². The van der Waals surface area contributed by atoms with Crippen molar-refractivity contribution in [2.45, 2.75) is 108 Å². The Balaban J connectivity index is -0.000000214. The van der Waals surface area contributed by atoms with Crippen molar-refractivity contribution in [3.8, 4) is 5.75 Å². The van der Waals surface area contributed by atoms with Crippen molar-refractivity contribution >= 4 is 59.6 Å². The van der Waals surface area contributed by atoms with Gasteiger partial charge in [0.05, 0.1) is 13.0 Å². The van der Waals surface area contributed by atoms with Crippen molar-refractivity contribution in [3.63, 3.8) is 0 Å². The first-order chi connectivity index (χ1) is 29.3. The molecular weight excluding hydrogens is 864 g/mol. The molecule has 1 aliphatic rings. The van der Waals surface area contributed by atoms with E-state index < -0.39 is 96.3 Å². The number of carboxylic acids is 9. The molecule has 0 bridgehead atoms. The fraction of sp³-hybridized carbons (Fsp3) is 0.556. The van der Waals surface area contributed by atoms with Crippen LogP contribution >= 0.6 is 0 Å². The third-order valence-corrected chi connectivity index (χ3v) is 7.00. The number of phenols is 1. The summed E-state index contributed by atoms with van der Waals surface area (Å²) in [7, 11) is 0. The molecule has 25 N–H and O–H groups in total. The molecule has 0 saturated carbocycles. The standard InChI is InChI=1S/C9H11NO3.C6H13NO2.C5H10N2O3.C5H9NO4.C5H9NO2.C4H7NO4.C2H5NO2/c10-8(9(12)13)5-6-1-3-7(11)4-2-6;1-4(2)3-5(7)6(8)9;2*6-3(5(9)10)1-2-4(7)8;7-5(8)4-2-1-3-6-4;5-2(4(8)9)1-3(6)7;3-1-2(4)5/h1-4,8,11H,5,10H2,(H,12,13);4-5H,3,7H2,1-2H3,(H,8,9);3H,1-2,6H2,(H2,7,8)(H,9,10);3H,1-2,6H2,(H,7,8)(H,9,10);4,6H,1-3H2,(H,7,8);2H,1,5H2,(H,6,7)(H,8,9);1,3H2,(H,4,5)/t;;;;4-;;/m....0../s1. The van der Waals surface area contributed by atoms with E-state index in [4.69, 9.17) is 85.5 Å². The SMILES string of the molecule is CC(C)CC(N)C(=O)O.NC(=O)CCC(N)C(=O)O.NC(CC(=O)O)C(=O)O.NC(CCC(=O)O)C(=O)O.NC(Cc1ccc(O)cc1)C(=O)O.NCC(=O)O.O=C(O)[C@@H]1CCCN1. The molecular formula is C36H64N8O20. The van der Waals surface area contributed by atoms with E-state index in [1.54, 1.807) is 12.1 Å². The maximum Gasteiger partial charge on any atom is 0.321 e. The summed E-state index contributed by atoms with van der Waals surface area (Å²) in [4.78, 5) is 99.5. The molecule has 2 rings (SSSR count). The van der Waals surface area contributed by atoms with Crippen LogP contribution in [0.4, 0.5) is 0 Å². The fourth-order valence-corrected chi connectivity index (χ4v) is 3.58. The Morgan fingerprint density at radius 2 is 1.02 bits per heavy atom. The van der Waals surface area contributed by atoms with Crippen LogP contribution in [0.3, 0.4) is 0 Å². The van der Waals surface area contributed by atoms with Crippen LogP contribution in [0.2, 0.25) is 0 Å². The highest BCUT2D eigenvalue weighted by Crippen LogP contribution is 2.11. The number of carboxylic acid groups (broad SMARTS) is 9. The number of carbonyl (C=O) groups is 10. The molecule has 1 aromatic carbocycles. The largest absolute Gasteiger partial charge is 0.508 e. The lowest BCUT2D eigenvalue weighted by atomic mass is 10.1. The molecule has 1 saturated heterocycles. The highest BCUT2D eigenvalue weighted by molar-refractivity contribution is 5.80. The van der Waals surface area contributed by atoms with Crippen molar-refractivity contribution in [1.82, 2.24) is 5.32 Å². The summed E-state index contributed by atoms with van der Waals surface area (Å²) < 4.78 is 0. The van der Waals surface area contributed by atoms with Gasteiger partial charge in [-0.2, -0.15) is 0 Å². The monoisotopic (exact) mass is 928 g/mol. The second-order valence-electron chi connectivity index (χ2n) is 13.3. The van der Waals surface area contributed by atoms with E-state index in [2.05, 4.69) is 11.1 Å². The van der Waals surface area contributed by atoms with Gasteiger partial charge in [-0.15, -0.1) is 0 Å². The van der Waals surface area contributed by atoms with Crippen molar-refractivity contribution < 1.29 is 99.0 Å². The number of phenolic OH excluding ortho intramolecular Hbond substituents is 1. The van der Waals surface area contributed by atoms with E-state index >= 15 is 0 Å². The third-order valence-electron chi connectivity index (χ3n) is 7.00. The van der Waals surface area contributed by atoms with E-state index in [-0.39, 0.29) is 50.4 Å². The maximum atomic E-state index is 10.4. The van der Waals surface area contributed by atoms with Crippen LogP contribution in [0.25, 0.3) is 0 Å². The summed E-state index contributed by atoms with van der Waals surface area (Å²) in [5, 5.41) is 85.1. The van der Waals surface area contributed by atoms with Crippen molar-refractivity contribution in [1.29, 1.82) is 0 Å². The number of hydrogen-bond donors (Lipinski definition) is 18. The lowest BCUT2D eigenvalue weighted by molar-refractivity contribution is -0.144. The van der Waals surface area contributed by atoms with Gasteiger partial charge in [0, 0.05) is 12.8 Å². The highest BCUT2D eigenvalue weighted by Gasteiger charge is 2.20. The average Bonchev–Trinajstić information content (AvgIpc) is 3.74. The number of nitrogens with two attached hydrogens (primary N) is 7. The first-order valence-corrected chi connectivity index (χ1v) is 18.6. The molecule has 1 aromatic rings. The van der Waals surface area contributed by atoms with Crippen molar-refractivity contribution in [2.24, 2.45) is 46.1 Å². The molecule has 5 unspecified atom stereocenters. The molecule has 1 amide bonds. The molecule has 28 nitrogen and oxygen atoms in total. The number of hydrogen-bond acceptors (Lipinski definition) is 18. The lowest BCUT2D eigenvalue weighted by Crippen LogP contribution is -2.32. The normalized spacial score (nSPS) is 14.2. The van der Waals surface area contributed by atoms with Gasteiger partial charge in [-0.1, -0.05) is 26.0 Å². The predicted octanol–water partition coefficient (Wildman–Crippen LogP) is -3.56. The van der Waals surface area contributed by atoms with E-state index in [1.165, 1.54) is 12.1 Å². The van der Waals surface area contributed by atoms with Crippen LogP contribution < -0.4 is 45.5 Å². The van der Waals surface area contributed by atoms with Gasteiger partial charge in [0.15, 0.2) is 0 Å². The highest BCUT2D eigenvalue weighted by atomic mass is 16.4. The first-order valence-electron chi connectivity index (χ1n) is 18.6. The van der Waals surface area contributed by atoms with Gasteiger partial charge in [0.2, 0.25) is 5.91 Å². The molecule has 6 atom stereocenters. The van der Waals surface area contributed by atoms with Crippen molar-refractivity contribution in [3.05, 3.63) is 29.8 Å². The number of carbonyl (C=O) groups excluding carboxylic acids is 1. The Morgan fingerprint density at radius 1 is 0.609 bits per heavy atom. The molecule has 0 aromatic heterocycles. The van der Waals surface area contributed by atoms with E-state index in [0.29, 0.717) is 12.3 Å². The molecule has 64 heavy (non-hydrogen) atoms. The van der Waals surface area contributed by atoms with Gasteiger partial charge < -0.3 is 96.5 Å². The number of aromatic hydroxyl groups is 1. The molecule has 1 aliphatic heterocycles. The van der Waals surface area contributed by atoms with Gasteiger partial charge in [0.1, 0.15) is 42.0 Å². The second kappa shape index (κ2) is 39.3. The summed E-state index contributed by atoms with van der Waals surface area (Å²) >= 11 is 0. The summed E-state index contributed by atoms with van der Waals surface area (Å²) in [6.45, 7) is 4.47. The number of benzene rings is 1. The number of amides is 1. The summed E-state index contributed by atoms with van der Waals surface area (Å²) in [6, 6.07) is 1.14. The first kappa shape index (κ1) is 66.5. The third kappa shape index (κ3) is 48.1. The van der Waals surface area contributed by atoms with E-state index in [0.717, 1.165) is 24.9 Å². The lowest BCUT2D eigenvalue weighted by Gasteiger charge is -2.07. The van der Waals surface area contributed by atoms with Crippen molar-refractivity contribution in [2.75, 3.05) is 13.1 Å². The molecule has 0 radical (unpaired) electrons. The van der Waals surface area contributed by atoms with Crippen LogP contribution in [0, 0.1) is 5.92 Å². The average molecular weight is 929 g/mol. The Kier molecular flexibility index (Phi) is 40.9. The molecule has 368 valence electrons. The molecule has 0 spiro atoms. The van der Waals surface area contributed by atoms with Gasteiger partial charge in [-0.25, -0.2) is 0 Å². The topological polar surface area (TPSA) is 567 Å². The number of primary amides is 1. The summed E-state index contributed by atoms with van der Waals surface area (Å²) in [6.07, 6.45) is 1.98. The Bertz CT molecular complexity index is 1540.